The lowest BCUT2D eigenvalue weighted by atomic mass is 9.65. The molecule has 0 spiro atoms. The van der Waals surface area contributed by atoms with Crippen LogP contribution in [-0.2, 0) is 9.47 Å². The maximum atomic E-state index is 5.75. The molecule has 1 N–H and O–H groups in total. The number of guanidine groups is 1. The molecule has 23 heavy (non-hydrogen) atoms. The third kappa shape index (κ3) is 4.38. The number of hydrogen-bond acceptors (Lipinski definition) is 3. The van der Waals surface area contributed by atoms with Gasteiger partial charge >= 0.3 is 0 Å². The van der Waals surface area contributed by atoms with Gasteiger partial charge in [-0.2, -0.15) is 0 Å². The van der Waals surface area contributed by atoms with E-state index in [1.165, 1.54) is 0 Å². The summed E-state index contributed by atoms with van der Waals surface area (Å²) >= 11 is 0. The van der Waals surface area contributed by atoms with E-state index in [1.807, 2.05) is 0 Å². The second-order valence-corrected chi connectivity index (χ2v) is 7.92. The minimum Gasteiger partial charge on any atom is -0.381 e. The average Bonchev–Trinajstić information content (AvgIpc) is 3.00. The highest BCUT2D eigenvalue weighted by Crippen LogP contribution is 2.46. The maximum Gasteiger partial charge on any atom is 0.194 e. The molecule has 2 rings (SSSR count). The van der Waals surface area contributed by atoms with Crippen LogP contribution in [0.25, 0.3) is 0 Å². The lowest BCUT2D eigenvalue weighted by Crippen LogP contribution is -2.72. The SMILES string of the molecule is CCNC(=NCCCOCC1CCOC1)N1CC(C)(C)C1(C)C. The molecular weight excluding hydrogens is 290 g/mol. The van der Waals surface area contributed by atoms with E-state index in [4.69, 9.17) is 14.5 Å². The highest BCUT2D eigenvalue weighted by Gasteiger charge is 2.53. The van der Waals surface area contributed by atoms with E-state index in [-0.39, 0.29) is 5.54 Å². The lowest BCUT2D eigenvalue weighted by Gasteiger charge is -2.62. The minimum absolute atomic E-state index is 0.146. The van der Waals surface area contributed by atoms with Crippen LogP contribution in [0.4, 0.5) is 0 Å². The summed E-state index contributed by atoms with van der Waals surface area (Å²) in [5.41, 5.74) is 0.475. The normalized spacial score (nSPS) is 26.2. The molecular formula is C18H35N3O2. The van der Waals surface area contributed by atoms with E-state index in [0.29, 0.717) is 11.3 Å². The van der Waals surface area contributed by atoms with Gasteiger partial charge in [-0.05, 0) is 33.6 Å². The predicted molar refractivity (Wildman–Crippen MR) is 94.9 cm³/mol. The number of ether oxygens (including phenoxy) is 2. The number of rotatable bonds is 7. The van der Waals surface area contributed by atoms with Crippen molar-refractivity contribution in [3.63, 3.8) is 0 Å². The maximum absolute atomic E-state index is 5.75. The minimum atomic E-state index is 0.146. The van der Waals surface area contributed by atoms with Crippen LogP contribution in [0.1, 0.15) is 47.5 Å². The zero-order valence-corrected chi connectivity index (χ0v) is 15.7. The average molecular weight is 325 g/mol. The molecule has 5 nitrogen and oxygen atoms in total. The summed E-state index contributed by atoms with van der Waals surface area (Å²) in [6, 6.07) is 0. The number of nitrogens with zero attached hydrogens (tertiary/aromatic N) is 2. The van der Waals surface area contributed by atoms with Crippen molar-refractivity contribution in [1.82, 2.24) is 10.2 Å². The molecule has 1 atom stereocenters. The largest absolute Gasteiger partial charge is 0.381 e. The molecule has 5 heteroatoms. The van der Waals surface area contributed by atoms with Gasteiger partial charge in [0.1, 0.15) is 0 Å². The quantitative estimate of drug-likeness (QED) is 0.444. The van der Waals surface area contributed by atoms with Crippen molar-refractivity contribution < 1.29 is 9.47 Å². The van der Waals surface area contributed by atoms with Crippen molar-refractivity contribution in [1.29, 1.82) is 0 Å². The van der Waals surface area contributed by atoms with Crippen LogP contribution in [0, 0.1) is 11.3 Å². The summed E-state index contributed by atoms with van der Waals surface area (Å²) in [6.45, 7) is 17.5. The number of hydrogen-bond donors (Lipinski definition) is 1. The fraction of sp³-hybridized carbons (Fsp3) is 0.944. The van der Waals surface area contributed by atoms with Gasteiger partial charge in [0.15, 0.2) is 5.96 Å². The van der Waals surface area contributed by atoms with Gasteiger partial charge in [0.25, 0.3) is 0 Å². The summed E-state index contributed by atoms with van der Waals surface area (Å²) in [6.07, 6.45) is 2.11. The number of likely N-dealkylation sites (tertiary alicyclic amines) is 1. The standard InChI is InChI=1S/C18H35N3O2/c1-6-19-16(21-14-17(2,3)18(21,4)5)20-9-7-10-22-12-15-8-11-23-13-15/h15H,6-14H2,1-5H3,(H,19,20). The van der Waals surface area contributed by atoms with Gasteiger partial charge in [-0.25, -0.2) is 0 Å². The van der Waals surface area contributed by atoms with Crippen LogP contribution in [0.3, 0.4) is 0 Å². The molecule has 0 aromatic carbocycles. The second kappa shape index (κ2) is 7.84. The molecule has 0 aliphatic carbocycles. The molecule has 134 valence electrons. The zero-order chi connectivity index (χ0) is 16.9. The molecule has 0 saturated carbocycles. The van der Waals surface area contributed by atoms with Crippen LogP contribution < -0.4 is 5.32 Å². The van der Waals surface area contributed by atoms with E-state index in [2.05, 4.69) is 44.8 Å². The molecule has 2 fully saturated rings. The van der Waals surface area contributed by atoms with Crippen LogP contribution in [0.2, 0.25) is 0 Å². The first-order valence-corrected chi connectivity index (χ1v) is 9.10. The van der Waals surface area contributed by atoms with Gasteiger partial charge in [0.05, 0.1) is 13.2 Å². The van der Waals surface area contributed by atoms with Gasteiger partial charge in [-0.1, -0.05) is 13.8 Å². The Morgan fingerprint density at radius 2 is 2.13 bits per heavy atom. The molecule has 0 amide bonds. The van der Waals surface area contributed by atoms with E-state index < -0.39 is 0 Å². The second-order valence-electron chi connectivity index (χ2n) is 7.92. The molecule has 0 bridgehead atoms. The Morgan fingerprint density at radius 3 is 2.70 bits per heavy atom. The molecule has 2 aliphatic rings. The Bertz CT molecular complexity index is 401. The Balaban J connectivity index is 1.72. The fourth-order valence-electron chi connectivity index (χ4n) is 3.11. The first-order valence-electron chi connectivity index (χ1n) is 9.10. The fourth-order valence-corrected chi connectivity index (χ4v) is 3.11. The Kier molecular flexibility index (Phi) is 6.32. The van der Waals surface area contributed by atoms with Crippen molar-refractivity contribution in [3.8, 4) is 0 Å². The van der Waals surface area contributed by atoms with E-state index in [0.717, 1.165) is 64.9 Å². The first kappa shape index (κ1) is 18.5. The van der Waals surface area contributed by atoms with E-state index >= 15 is 0 Å². The van der Waals surface area contributed by atoms with Crippen molar-refractivity contribution in [2.24, 2.45) is 16.3 Å². The smallest absolute Gasteiger partial charge is 0.194 e. The van der Waals surface area contributed by atoms with Crippen molar-refractivity contribution in [3.05, 3.63) is 0 Å². The van der Waals surface area contributed by atoms with Crippen molar-refractivity contribution >= 4 is 5.96 Å². The number of aliphatic imine (C=N–C) groups is 1. The molecule has 2 aliphatic heterocycles. The Hall–Kier alpha value is -0.810. The van der Waals surface area contributed by atoms with Crippen LogP contribution in [0.5, 0.6) is 0 Å². The lowest BCUT2D eigenvalue weighted by molar-refractivity contribution is -0.0667. The van der Waals surface area contributed by atoms with Gasteiger partial charge in [0.2, 0.25) is 0 Å². The molecule has 0 aromatic heterocycles. The van der Waals surface area contributed by atoms with E-state index in [9.17, 15) is 0 Å². The monoisotopic (exact) mass is 325 g/mol. The van der Waals surface area contributed by atoms with Crippen molar-refractivity contribution in [2.45, 2.75) is 53.0 Å². The Labute approximate surface area is 141 Å². The first-order chi connectivity index (χ1) is 10.9. The van der Waals surface area contributed by atoms with Crippen LogP contribution >= 0.6 is 0 Å². The topological polar surface area (TPSA) is 46.1 Å². The summed E-state index contributed by atoms with van der Waals surface area (Å²) in [5, 5.41) is 3.43. The highest BCUT2D eigenvalue weighted by molar-refractivity contribution is 5.82. The third-order valence-corrected chi connectivity index (χ3v) is 5.56. The Morgan fingerprint density at radius 1 is 1.35 bits per heavy atom. The third-order valence-electron chi connectivity index (χ3n) is 5.56. The summed E-state index contributed by atoms with van der Waals surface area (Å²) < 4.78 is 11.1. The molecule has 1 unspecified atom stereocenters. The summed E-state index contributed by atoms with van der Waals surface area (Å²) in [5.74, 6) is 1.64. The van der Waals surface area contributed by atoms with Crippen LogP contribution in [-0.4, -0.2) is 62.5 Å². The molecule has 0 radical (unpaired) electrons. The van der Waals surface area contributed by atoms with Gasteiger partial charge in [-0.15, -0.1) is 0 Å². The summed E-state index contributed by atoms with van der Waals surface area (Å²) in [7, 11) is 0. The van der Waals surface area contributed by atoms with Crippen LogP contribution in [0.15, 0.2) is 4.99 Å². The molecule has 2 heterocycles. The van der Waals surface area contributed by atoms with Gasteiger partial charge in [-0.3, -0.25) is 4.99 Å². The number of nitrogens with one attached hydrogen (secondary N) is 1. The van der Waals surface area contributed by atoms with E-state index in [1.54, 1.807) is 0 Å². The molecule has 0 aromatic rings. The highest BCUT2D eigenvalue weighted by atomic mass is 16.5. The predicted octanol–water partition coefficient (Wildman–Crippen LogP) is 2.52. The van der Waals surface area contributed by atoms with Gasteiger partial charge < -0.3 is 19.7 Å². The summed E-state index contributed by atoms with van der Waals surface area (Å²) in [4.78, 5) is 7.19. The molecule has 2 saturated heterocycles. The van der Waals surface area contributed by atoms with Gasteiger partial charge in [0, 0.05) is 49.7 Å². The van der Waals surface area contributed by atoms with Crippen molar-refractivity contribution in [2.75, 3.05) is 46.1 Å². The zero-order valence-electron chi connectivity index (χ0n) is 15.7.